The second-order valence-electron chi connectivity index (χ2n) is 6.42. The Morgan fingerprint density at radius 1 is 1.35 bits per heavy atom. The molecule has 3 heteroatoms. The largest absolute Gasteiger partial charge is 0.351 e. The number of nitrogens with one attached hydrogen (secondary N) is 2. The maximum absolute atomic E-state index is 12.2. The Bertz CT molecular complexity index is 271. The minimum Gasteiger partial charge on any atom is -0.351 e. The van der Waals surface area contributed by atoms with Crippen LogP contribution in [0.4, 0.5) is 0 Å². The van der Waals surface area contributed by atoms with Crippen LogP contribution in [0.25, 0.3) is 0 Å². The number of carbonyl (C=O) groups excluding carboxylic acids is 1. The molecule has 1 fully saturated rings. The first kappa shape index (κ1) is 14.5. The quantitative estimate of drug-likeness (QED) is 0.792. The van der Waals surface area contributed by atoms with Gasteiger partial charge in [-0.05, 0) is 38.6 Å². The Morgan fingerprint density at radius 2 is 2.00 bits per heavy atom. The highest BCUT2D eigenvalue weighted by molar-refractivity contribution is 5.85. The fourth-order valence-electron chi connectivity index (χ4n) is 2.62. The summed E-state index contributed by atoms with van der Waals surface area (Å²) in [4.78, 5) is 12.2. The van der Waals surface area contributed by atoms with Gasteiger partial charge in [0.15, 0.2) is 0 Å². The lowest BCUT2D eigenvalue weighted by atomic mass is 9.73. The SMILES string of the molecule is CCNC(C)(C)C(=O)NC1CCCCC1(C)C. The lowest BCUT2D eigenvalue weighted by Crippen LogP contribution is -2.57. The normalized spacial score (nSPS) is 24.4. The summed E-state index contributed by atoms with van der Waals surface area (Å²) in [6.45, 7) is 11.3. The van der Waals surface area contributed by atoms with Gasteiger partial charge < -0.3 is 10.6 Å². The van der Waals surface area contributed by atoms with Crippen LogP contribution in [-0.2, 0) is 4.79 Å². The van der Waals surface area contributed by atoms with E-state index in [9.17, 15) is 4.79 Å². The predicted molar refractivity (Wildman–Crippen MR) is 71.9 cm³/mol. The summed E-state index contributed by atoms with van der Waals surface area (Å²) < 4.78 is 0. The Kier molecular flexibility index (Phi) is 4.59. The molecule has 0 aromatic carbocycles. The number of rotatable bonds is 4. The van der Waals surface area contributed by atoms with Crippen LogP contribution < -0.4 is 10.6 Å². The van der Waals surface area contributed by atoms with Crippen LogP contribution in [0.1, 0.15) is 60.3 Å². The van der Waals surface area contributed by atoms with Crippen LogP contribution in [0.2, 0.25) is 0 Å². The molecule has 0 spiro atoms. The lowest BCUT2D eigenvalue weighted by molar-refractivity contribution is -0.128. The van der Waals surface area contributed by atoms with E-state index >= 15 is 0 Å². The summed E-state index contributed by atoms with van der Waals surface area (Å²) in [6.07, 6.45) is 4.84. The van der Waals surface area contributed by atoms with Gasteiger partial charge in [-0.25, -0.2) is 0 Å². The van der Waals surface area contributed by atoms with E-state index in [1.165, 1.54) is 19.3 Å². The zero-order chi connectivity index (χ0) is 13.1. The molecule has 1 rings (SSSR count). The molecular formula is C14H28N2O. The number of hydrogen-bond donors (Lipinski definition) is 2. The molecule has 17 heavy (non-hydrogen) atoms. The maximum Gasteiger partial charge on any atom is 0.239 e. The van der Waals surface area contributed by atoms with E-state index in [0.29, 0.717) is 6.04 Å². The van der Waals surface area contributed by atoms with Crippen molar-refractivity contribution < 1.29 is 4.79 Å². The number of likely N-dealkylation sites (N-methyl/N-ethyl adjacent to an activating group) is 1. The summed E-state index contributed by atoms with van der Waals surface area (Å²) >= 11 is 0. The monoisotopic (exact) mass is 240 g/mol. The van der Waals surface area contributed by atoms with Crippen LogP contribution in [0.5, 0.6) is 0 Å². The van der Waals surface area contributed by atoms with E-state index in [2.05, 4.69) is 24.5 Å². The summed E-state index contributed by atoms with van der Waals surface area (Å²) in [5, 5.41) is 6.46. The molecule has 0 saturated heterocycles. The average molecular weight is 240 g/mol. The molecule has 1 amide bonds. The second kappa shape index (κ2) is 5.38. The zero-order valence-electron chi connectivity index (χ0n) is 12.0. The molecule has 1 atom stereocenters. The molecule has 0 bridgehead atoms. The summed E-state index contributed by atoms with van der Waals surface area (Å²) in [7, 11) is 0. The number of hydrogen-bond acceptors (Lipinski definition) is 2. The van der Waals surface area contributed by atoms with Crippen LogP contribution in [0.15, 0.2) is 0 Å². The van der Waals surface area contributed by atoms with E-state index in [-0.39, 0.29) is 11.3 Å². The first-order chi connectivity index (χ1) is 7.79. The average Bonchev–Trinajstić information content (AvgIpc) is 2.20. The fraction of sp³-hybridized carbons (Fsp3) is 0.929. The molecule has 3 nitrogen and oxygen atoms in total. The minimum absolute atomic E-state index is 0.124. The summed E-state index contributed by atoms with van der Waals surface area (Å²) in [5.74, 6) is 0.124. The molecule has 0 aromatic rings. The van der Waals surface area contributed by atoms with Gasteiger partial charge in [0.1, 0.15) is 0 Å². The van der Waals surface area contributed by atoms with Gasteiger partial charge in [0, 0.05) is 6.04 Å². The van der Waals surface area contributed by atoms with Gasteiger partial charge in [-0.2, -0.15) is 0 Å². The molecule has 0 heterocycles. The molecule has 0 aromatic heterocycles. The van der Waals surface area contributed by atoms with Crippen LogP contribution in [0, 0.1) is 5.41 Å². The molecule has 1 unspecified atom stereocenters. The molecule has 1 aliphatic carbocycles. The summed E-state index contributed by atoms with van der Waals surface area (Å²) in [6, 6.07) is 0.321. The zero-order valence-corrected chi connectivity index (χ0v) is 12.0. The van der Waals surface area contributed by atoms with Crippen molar-refractivity contribution in [2.45, 2.75) is 71.9 Å². The van der Waals surface area contributed by atoms with Crippen molar-refractivity contribution in [1.29, 1.82) is 0 Å². The molecule has 1 aliphatic rings. The first-order valence-electron chi connectivity index (χ1n) is 6.85. The molecule has 0 aliphatic heterocycles. The van der Waals surface area contributed by atoms with Crippen molar-refractivity contribution in [2.24, 2.45) is 5.41 Å². The van der Waals surface area contributed by atoms with Crippen molar-refractivity contribution in [3.05, 3.63) is 0 Å². The molecule has 1 saturated carbocycles. The van der Waals surface area contributed by atoms with Crippen LogP contribution >= 0.6 is 0 Å². The smallest absolute Gasteiger partial charge is 0.239 e. The fourth-order valence-corrected chi connectivity index (χ4v) is 2.62. The van der Waals surface area contributed by atoms with Crippen molar-refractivity contribution in [2.75, 3.05) is 6.54 Å². The highest BCUT2D eigenvalue weighted by Gasteiger charge is 2.36. The van der Waals surface area contributed by atoms with Crippen LogP contribution in [-0.4, -0.2) is 24.0 Å². The van der Waals surface area contributed by atoms with Gasteiger partial charge in [-0.3, -0.25) is 4.79 Å². The van der Waals surface area contributed by atoms with Gasteiger partial charge in [-0.15, -0.1) is 0 Å². The third-order valence-electron chi connectivity index (χ3n) is 4.00. The highest BCUT2D eigenvalue weighted by Crippen LogP contribution is 2.35. The van der Waals surface area contributed by atoms with Gasteiger partial charge in [0.05, 0.1) is 5.54 Å². The van der Waals surface area contributed by atoms with E-state index < -0.39 is 5.54 Å². The Hall–Kier alpha value is -0.570. The second-order valence-corrected chi connectivity index (χ2v) is 6.42. The van der Waals surface area contributed by atoms with Crippen molar-refractivity contribution in [3.8, 4) is 0 Å². The van der Waals surface area contributed by atoms with Crippen molar-refractivity contribution >= 4 is 5.91 Å². The Balaban J connectivity index is 2.61. The third-order valence-corrected chi connectivity index (χ3v) is 4.00. The highest BCUT2D eigenvalue weighted by atomic mass is 16.2. The third kappa shape index (κ3) is 3.70. The van der Waals surface area contributed by atoms with Gasteiger partial charge >= 0.3 is 0 Å². The summed E-state index contributed by atoms with van der Waals surface area (Å²) in [5.41, 5.74) is -0.238. The maximum atomic E-state index is 12.2. The van der Waals surface area contributed by atoms with Gasteiger partial charge in [-0.1, -0.05) is 33.6 Å². The topological polar surface area (TPSA) is 41.1 Å². The van der Waals surface area contributed by atoms with Gasteiger partial charge in [0.25, 0.3) is 0 Å². The molecule has 0 radical (unpaired) electrons. The lowest BCUT2D eigenvalue weighted by Gasteiger charge is -2.40. The van der Waals surface area contributed by atoms with E-state index in [1.54, 1.807) is 0 Å². The van der Waals surface area contributed by atoms with E-state index in [0.717, 1.165) is 13.0 Å². The van der Waals surface area contributed by atoms with E-state index in [4.69, 9.17) is 0 Å². The molecule has 2 N–H and O–H groups in total. The Morgan fingerprint density at radius 3 is 2.53 bits per heavy atom. The van der Waals surface area contributed by atoms with Crippen molar-refractivity contribution in [1.82, 2.24) is 10.6 Å². The number of amides is 1. The Labute approximate surface area is 106 Å². The predicted octanol–water partition coefficient (Wildman–Crippen LogP) is 2.46. The standard InChI is InChI=1S/C14H28N2O/c1-6-15-14(4,5)12(17)16-11-9-7-8-10-13(11,2)3/h11,15H,6-10H2,1-5H3,(H,16,17). The molecule has 100 valence electrons. The van der Waals surface area contributed by atoms with E-state index in [1.807, 2.05) is 20.8 Å². The van der Waals surface area contributed by atoms with Crippen LogP contribution in [0.3, 0.4) is 0 Å². The number of carbonyl (C=O) groups is 1. The van der Waals surface area contributed by atoms with Crippen molar-refractivity contribution in [3.63, 3.8) is 0 Å². The minimum atomic E-state index is -0.470. The van der Waals surface area contributed by atoms with Gasteiger partial charge in [0.2, 0.25) is 5.91 Å². The first-order valence-corrected chi connectivity index (χ1v) is 6.85. The molecular weight excluding hydrogens is 212 g/mol.